The molecule has 2 N–H and O–H groups in total. The standard InChI is InChI=1S/C11H12N4O3/c16-8-3-4-14(6-8)11-12-9-2-1-7(15(17)18)5-10(9)13-11/h1-2,5,8,16H,3-4,6H2,(H,12,13)/t8-/m1/s1. The third-order valence-corrected chi connectivity index (χ3v) is 3.13. The summed E-state index contributed by atoms with van der Waals surface area (Å²) in [5.74, 6) is 0.655. The highest BCUT2D eigenvalue weighted by Crippen LogP contribution is 2.24. The zero-order valence-electron chi connectivity index (χ0n) is 9.54. The number of aliphatic hydroxyl groups excluding tert-OH is 1. The van der Waals surface area contributed by atoms with Crippen molar-refractivity contribution in [2.45, 2.75) is 12.5 Å². The summed E-state index contributed by atoms with van der Waals surface area (Å²) in [5.41, 5.74) is 1.37. The van der Waals surface area contributed by atoms with Gasteiger partial charge in [0.2, 0.25) is 5.95 Å². The molecule has 18 heavy (non-hydrogen) atoms. The lowest BCUT2D eigenvalue weighted by Crippen LogP contribution is -2.22. The number of nitrogens with one attached hydrogen (secondary N) is 1. The van der Waals surface area contributed by atoms with Crippen LogP contribution in [0.15, 0.2) is 18.2 Å². The number of benzene rings is 1. The molecule has 0 saturated carbocycles. The molecular formula is C11H12N4O3. The number of β-amino-alcohol motifs (C(OH)–C–C–N with tert-alkyl or cyclic N) is 1. The molecule has 0 bridgehead atoms. The maximum Gasteiger partial charge on any atom is 0.271 e. The normalized spacial score (nSPS) is 19.6. The van der Waals surface area contributed by atoms with Gasteiger partial charge in [0.15, 0.2) is 0 Å². The van der Waals surface area contributed by atoms with Crippen LogP contribution in [0.1, 0.15) is 6.42 Å². The first-order valence-electron chi connectivity index (χ1n) is 5.70. The van der Waals surface area contributed by atoms with Gasteiger partial charge >= 0.3 is 0 Å². The SMILES string of the molecule is O=[N+]([O-])c1ccc2nc(N3CC[C@@H](O)C3)[nH]c2c1. The molecule has 1 aliphatic rings. The molecule has 3 rings (SSSR count). The van der Waals surface area contributed by atoms with Crippen LogP contribution in [0.4, 0.5) is 11.6 Å². The Labute approximate surface area is 102 Å². The van der Waals surface area contributed by atoms with Crippen LogP contribution in [0.5, 0.6) is 0 Å². The van der Waals surface area contributed by atoms with Gasteiger partial charge in [-0.25, -0.2) is 4.98 Å². The van der Waals surface area contributed by atoms with E-state index in [0.29, 0.717) is 23.5 Å². The Hall–Kier alpha value is -2.15. The van der Waals surface area contributed by atoms with Crippen molar-refractivity contribution in [2.24, 2.45) is 0 Å². The Bertz CT molecular complexity index is 609. The fourth-order valence-corrected chi connectivity index (χ4v) is 2.18. The highest BCUT2D eigenvalue weighted by molar-refractivity contribution is 5.80. The first kappa shape index (κ1) is 11.0. The van der Waals surface area contributed by atoms with E-state index < -0.39 is 4.92 Å². The molecule has 1 aromatic heterocycles. The molecule has 7 heteroatoms. The lowest BCUT2D eigenvalue weighted by Gasteiger charge is -2.12. The van der Waals surface area contributed by atoms with Crippen LogP contribution < -0.4 is 4.90 Å². The summed E-state index contributed by atoms with van der Waals surface area (Å²) in [4.78, 5) is 19.6. The van der Waals surface area contributed by atoms with Crippen LogP contribution >= 0.6 is 0 Å². The molecule has 94 valence electrons. The van der Waals surface area contributed by atoms with Crippen molar-refractivity contribution < 1.29 is 10.0 Å². The van der Waals surface area contributed by atoms with Crippen molar-refractivity contribution in [3.8, 4) is 0 Å². The second-order valence-corrected chi connectivity index (χ2v) is 4.41. The Morgan fingerprint density at radius 3 is 3.06 bits per heavy atom. The number of imidazole rings is 1. The largest absolute Gasteiger partial charge is 0.391 e. The number of anilines is 1. The predicted molar refractivity (Wildman–Crippen MR) is 65.6 cm³/mol. The number of aromatic nitrogens is 2. The monoisotopic (exact) mass is 248 g/mol. The van der Waals surface area contributed by atoms with Gasteiger partial charge in [-0.2, -0.15) is 0 Å². The molecule has 0 spiro atoms. The zero-order valence-corrected chi connectivity index (χ0v) is 9.54. The molecule has 1 atom stereocenters. The molecule has 7 nitrogen and oxygen atoms in total. The molecule has 0 amide bonds. The third kappa shape index (κ3) is 1.78. The Morgan fingerprint density at radius 1 is 1.56 bits per heavy atom. The molecule has 0 unspecified atom stereocenters. The number of rotatable bonds is 2. The van der Waals surface area contributed by atoms with Crippen molar-refractivity contribution in [2.75, 3.05) is 18.0 Å². The van der Waals surface area contributed by atoms with Gasteiger partial charge in [0.05, 0.1) is 22.1 Å². The van der Waals surface area contributed by atoms with Gasteiger partial charge in [0.1, 0.15) is 0 Å². The van der Waals surface area contributed by atoms with Crippen molar-refractivity contribution >= 4 is 22.7 Å². The van der Waals surface area contributed by atoms with E-state index in [2.05, 4.69) is 9.97 Å². The van der Waals surface area contributed by atoms with Gasteiger partial charge in [0, 0.05) is 25.2 Å². The molecule has 1 saturated heterocycles. The van der Waals surface area contributed by atoms with E-state index in [9.17, 15) is 15.2 Å². The second-order valence-electron chi connectivity index (χ2n) is 4.41. The first-order valence-corrected chi connectivity index (χ1v) is 5.70. The van der Waals surface area contributed by atoms with E-state index >= 15 is 0 Å². The lowest BCUT2D eigenvalue weighted by molar-refractivity contribution is -0.384. The summed E-state index contributed by atoms with van der Waals surface area (Å²) in [6, 6.07) is 4.53. The van der Waals surface area contributed by atoms with Crippen molar-refractivity contribution in [3.05, 3.63) is 28.3 Å². The minimum absolute atomic E-state index is 0.0409. The summed E-state index contributed by atoms with van der Waals surface area (Å²) in [7, 11) is 0. The highest BCUT2D eigenvalue weighted by atomic mass is 16.6. The number of aliphatic hydroxyl groups is 1. The summed E-state index contributed by atoms with van der Waals surface area (Å²) in [6.07, 6.45) is 0.393. The number of nitro groups is 1. The minimum Gasteiger partial charge on any atom is -0.391 e. The van der Waals surface area contributed by atoms with E-state index in [1.165, 1.54) is 12.1 Å². The Kier molecular flexibility index (Phi) is 2.41. The third-order valence-electron chi connectivity index (χ3n) is 3.13. The van der Waals surface area contributed by atoms with E-state index in [0.717, 1.165) is 13.0 Å². The molecule has 1 aromatic carbocycles. The van der Waals surface area contributed by atoms with Crippen LogP contribution in [0.2, 0.25) is 0 Å². The molecular weight excluding hydrogens is 236 g/mol. The quantitative estimate of drug-likeness (QED) is 0.611. The van der Waals surface area contributed by atoms with Crippen molar-refractivity contribution in [3.63, 3.8) is 0 Å². The van der Waals surface area contributed by atoms with Gasteiger partial charge in [-0.1, -0.05) is 0 Å². The highest BCUT2D eigenvalue weighted by Gasteiger charge is 2.23. The van der Waals surface area contributed by atoms with Gasteiger partial charge in [-0.05, 0) is 12.5 Å². The summed E-state index contributed by atoms with van der Waals surface area (Å²) in [6.45, 7) is 1.28. The summed E-state index contributed by atoms with van der Waals surface area (Å²) in [5, 5.41) is 20.2. The van der Waals surface area contributed by atoms with Gasteiger partial charge in [-0.15, -0.1) is 0 Å². The number of hydrogen-bond acceptors (Lipinski definition) is 5. The number of nitro benzene ring substituents is 1. The Balaban J connectivity index is 1.98. The molecule has 2 aromatic rings. The fourth-order valence-electron chi connectivity index (χ4n) is 2.18. The lowest BCUT2D eigenvalue weighted by atomic mass is 10.3. The van der Waals surface area contributed by atoms with E-state index in [1.54, 1.807) is 6.07 Å². The number of non-ortho nitro benzene ring substituents is 1. The fraction of sp³-hybridized carbons (Fsp3) is 0.364. The number of H-pyrrole nitrogens is 1. The van der Waals surface area contributed by atoms with Crippen LogP contribution in [-0.2, 0) is 0 Å². The Morgan fingerprint density at radius 2 is 2.39 bits per heavy atom. The minimum atomic E-state index is -0.431. The van der Waals surface area contributed by atoms with Crippen molar-refractivity contribution in [1.29, 1.82) is 0 Å². The van der Waals surface area contributed by atoms with Gasteiger partial charge in [0.25, 0.3) is 5.69 Å². The average molecular weight is 248 g/mol. The first-order chi connectivity index (χ1) is 8.63. The molecule has 2 heterocycles. The summed E-state index contributed by atoms with van der Waals surface area (Å²) >= 11 is 0. The maximum atomic E-state index is 10.7. The van der Waals surface area contributed by atoms with Crippen LogP contribution in [0.25, 0.3) is 11.0 Å². The van der Waals surface area contributed by atoms with Crippen LogP contribution in [-0.4, -0.2) is 39.2 Å². The topological polar surface area (TPSA) is 95.3 Å². The smallest absolute Gasteiger partial charge is 0.271 e. The van der Waals surface area contributed by atoms with Crippen LogP contribution in [0.3, 0.4) is 0 Å². The molecule has 1 fully saturated rings. The number of fused-ring (bicyclic) bond motifs is 1. The van der Waals surface area contributed by atoms with Gasteiger partial charge in [-0.3, -0.25) is 10.1 Å². The number of nitrogens with zero attached hydrogens (tertiary/aromatic N) is 3. The average Bonchev–Trinajstić information content (AvgIpc) is 2.93. The van der Waals surface area contributed by atoms with Crippen LogP contribution in [0, 0.1) is 10.1 Å². The van der Waals surface area contributed by atoms with E-state index in [1.807, 2.05) is 4.90 Å². The van der Waals surface area contributed by atoms with Crippen molar-refractivity contribution in [1.82, 2.24) is 9.97 Å². The zero-order chi connectivity index (χ0) is 12.7. The second kappa shape index (κ2) is 3.95. The van der Waals surface area contributed by atoms with Gasteiger partial charge < -0.3 is 15.0 Å². The molecule has 0 aliphatic carbocycles. The maximum absolute atomic E-state index is 10.7. The van der Waals surface area contributed by atoms with E-state index in [4.69, 9.17) is 0 Å². The summed E-state index contributed by atoms with van der Waals surface area (Å²) < 4.78 is 0. The molecule has 1 aliphatic heterocycles. The molecule has 0 radical (unpaired) electrons. The number of aromatic amines is 1. The van der Waals surface area contributed by atoms with E-state index in [-0.39, 0.29) is 11.8 Å². The predicted octanol–water partition coefficient (Wildman–Crippen LogP) is 1.04. The number of hydrogen-bond donors (Lipinski definition) is 2.